The highest BCUT2D eigenvalue weighted by Crippen LogP contribution is 2.38. The van der Waals surface area contributed by atoms with Gasteiger partial charge >= 0.3 is 0 Å². The Kier molecular flexibility index (Phi) is 4.45. The van der Waals surface area contributed by atoms with Crippen LogP contribution in [0.3, 0.4) is 0 Å². The highest BCUT2D eigenvalue weighted by molar-refractivity contribution is 4.93. The topological polar surface area (TPSA) is 35.5 Å². The Balaban J connectivity index is 1.71. The third-order valence-electron chi connectivity index (χ3n) is 4.34. The maximum Gasteiger partial charge on any atom is 0.0583 e. The van der Waals surface area contributed by atoms with Crippen molar-refractivity contribution in [3.05, 3.63) is 0 Å². The van der Waals surface area contributed by atoms with Crippen LogP contribution < -0.4 is 5.32 Å². The molecule has 0 amide bonds. The zero-order valence-corrected chi connectivity index (χ0v) is 11.5. The normalized spacial score (nSPS) is 35.5. The lowest BCUT2D eigenvalue weighted by Gasteiger charge is -2.23. The summed E-state index contributed by atoms with van der Waals surface area (Å²) < 4.78 is 0. The zero-order valence-electron chi connectivity index (χ0n) is 11.5. The Hall–Kier alpha value is -0.120. The van der Waals surface area contributed by atoms with Gasteiger partial charge in [-0.3, -0.25) is 0 Å². The maximum absolute atomic E-state index is 9.89. The van der Waals surface area contributed by atoms with Gasteiger partial charge in [-0.05, 0) is 31.2 Å². The minimum Gasteiger partial charge on any atom is -0.393 e. The van der Waals surface area contributed by atoms with Crippen LogP contribution in [0.25, 0.3) is 0 Å². The van der Waals surface area contributed by atoms with E-state index in [0.717, 1.165) is 25.4 Å². The number of fused-ring (bicyclic) bond motifs is 1. The molecule has 2 N–H and O–H groups in total. The van der Waals surface area contributed by atoms with Crippen LogP contribution in [0, 0.1) is 17.8 Å². The quantitative estimate of drug-likeness (QED) is 0.761. The van der Waals surface area contributed by atoms with Gasteiger partial charge in [0.1, 0.15) is 0 Å². The molecule has 3 heteroatoms. The second kappa shape index (κ2) is 5.68. The second-order valence-corrected chi connectivity index (χ2v) is 6.46. The molecule has 0 spiro atoms. The molecule has 0 bridgehead atoms. The lowest BCUT2D eigenvalue weighted by atomic mass is 10.00. The molecule has 1 saturated carbocycles. The first kappa shape index (κ1) is 13.3. The average molecular weight is 240 g/mol. The van der Waals surface area contributed by atoms with Crippen molar-refractivity contribution < 1.29 is 5.11 Å². The smallest absolute Gasteiger partial charge is 0.0583 e. The molecule has 17 heavy (non-hydrogen) atoms. The van der Waals surface area contributed by atoms with Gasteiger partial charge in [-0.1, -0.05) is 20.8 Å². The van der Waals surface area contributed by atoms with Gasteiger partial charge in [-0.25, -0.2) is 0 Å². The van der Waals surface area contributed by atoms with E-state index in [1.807, 2.05) is 0 Å². The lowest BCUT2D eigenvalue weighted by Crippen LogP contribution is -2.35. The van der Waals surface area contributed by atoms with Gasteiger partial charge < -0.3 is 15.3 Å². The Morgan fingerprint density at radius 3 is 2.65 bits per heavy atom. The van der Waals surface area contributed by atoms with Crippen LogP contribution in [-0.4, -0.2) is 48.3 Å². The fraction of sp³-hybridized carbons (Fsp3) is 1.00. The largest absolute Gasteiger partial charge is 0.393 e. The van der Waals surface area contributed by atoms with Gasteiger partial charge in [-0.15, -0.1) is 0 Å². The van der Waals surface area contributed by atoms with Gasteiger partial charge in [0, 0.05) is 31.6 Å². The summed E-state index contributed by atoms with van der Waals surface area (Å²) in [6.07, 6.45) is 2.25. The molecule has 1 aliphatic carbocycles. The summed E-state index contributed by atoms with van der Waals surface area (Å²) in [4.78, 5) is 2.56. The molecule has 4 unspecified atom stereocenters. The van der Waals surface area contributed by atoms with Crippen molar-refractivity contribution in [3.8, 4) is 0 Å². The van der Waals surface area contributed by atoms with Crippen LogP contribution in [0.1, 0.15) is 33.6 Å². The molecule has 2 rings (SSSR count). The third-order valence-corrected chi connectivity index (χ3v) is 4.34. The molecular formula is C14H28N2O. The van der Waals surface area contributed by atoms with E-state index in [9.17, 15) is 5.11 Å². The first-order valence-corrected chi connectivity index (χ1v) is 7.20. The van der Waals surface area contributed by atoms with Crippen molar-refractivity contribution in [3.63, 3.8) is 0 Å². The number of likely N-dealkylation sites (tertiary alicyclic amines) is 1. The second-order valence-electron chi connectivity index (χ2n) is 6.46. The fourth-order valence-corrected chi connectivity index (χ4v) is 3.42. The maximum atomic E-state index is 9.89. The van der Waals surface area contributed by atoms with Crippen LogP contribution in [0.4, 0.5) is 0 Å². The summed E-state index contributed by atoms with van der Waals surface area (Å²) in [7, 11) is 0. The predicted octanol–water partition coefficient (Wildman–Crippen LogP) is 1.32. The monoisotopic (exact) mass is 240 g/mol. The van der Waals surface area contributed by atoms with Crippen molar-refractivity contribution in [1.29, 1.82) is 0 Å². The van der Waals surface area contributed by atoms with Gasteiger partial charge in [-0.2, -0.15) is 0 Å². The average Bonchev–Trinajstić information content (AvgIpc) is 2.78. The number of aliphatic hydroxyl groups excluding tert-OH is 1. The Labute approximate surface area is 106 Å². The summed E-state index contributed by atoms with van der Waals surface area (Å²) in [5, 5.41) is 13.4. The van der Waals surface area contributed by atoms with Crippen LogP contribution in [-0.2, 0) is 0 Å². The highest BCUT2D eigenvalue weighted by Gasteiger charge is 2.41. The van der Waals surface area contributed by atoms with E-state index in [0.29, 0.717) is 17.9 Å². The van der Waals surface area contributed by atoms with E-state index in [-0.39, 0.29) is 6.10 Å². The first-order chi connectivity index (χ1) is 8.06. The molecule has 100 valence electrons. The lowest BCUT2D eigenvalue weighted by molar-refractivity contribution is 0.122. The summed E-state index contributed by atoms with van der Waals surface area (Å²) in [5.41, 5.74) is 0. The van der Waals surface area contributed by atoms with Crippen LogP contribution in [0.15, 0.2) is 0 Å². The molecule has 0 aromatic rings. The van der Waals surface area contributed by atoms with Gasteiger partial charge in [0.15, 0.2) is 0 Å². The number of hydrogen-bond donors (Lipinski definition) is 2. The first-order valence-electron chi connectivity index (χ1n) is 7.20. The number of nitrogens with one attached hydrogen (secondary N) is 1. The standard InChI is InChI=1S/C14H28N2O/c1-10(2)15-6-11(3)7-16-8-12-4-5-14(17)13(12)9-16/h10-15,17H,4-9H2,1-3H3. The zero-order chi connectivity index (χ0) is 12.4. The number of rotatable bonds is 5. The Bertz CT molecular complexity index is 244. The summed E-state index contributed by atoms with van der Waals surface area (Å²) in [5.74, 6) is 2.05. The van der Waals surface area contributed by atoms with Crippen LogP contribution >= 0.6 is 0 Å². The minimum atomic E-state index is -0.0194. The van der Waals surface area contributed by atoms with E-state index in [4.69, 9.17) is 0 Å². The molecule has 0 aromatic carbocycles. The Morgan fingerprint density at radius 1 is 1.24 bits per heavy atom. The minimum absolute atomic E-state index is 0.0194. The van der Waals surface area contributed by atoms with E-state index >= 15 is 0 Å². The SMILES string of the molecule is CC(CNC(C)C)CN1CC2CCC(O)C2C1. The van der Waals surface area contributed by atoms with Crippen LogP contribution in [0.5, 0.6) is 0 Å². The predicted molar refractivity (Wildman–Crippen MR) is 71.0 cm³/mol. The molecule has 0 radical (unpaired) electrons. The molecular weight excluding hydrogens is 212 g/mol. The van der Waals surface area contributed by atoms with E-state index in [1.54, 1.807) is 0 Å². The third kappa shape index (κ3) is 3.43. The molecule has 4 atom stereocenters. The van der Waals surface area contributed by atoms with Crippen molar-refractivity contribution in [2.45, 2.75) is 45.8 Å². The molecule has 3 nitrogen and oxygen atoms in total. The number of hydrogen-bond acceptors (Lipinski definition) is 3. The van der Waals surface area contributed by atoms with Crippen molar-refractivity contribution in [1.82, 2.24) is 10.2 Å². The van der Waals surface area contributed by atoms with Crippen molar-refractivity contribution in [2.24, 2.45) is 17.8 Å². The molecule has 2 fully saturated rings. The fourth-order valence-electron chi connectivity index (χ4n) is 3.42. The van der Waals surface area contributed by atoms with Gasteiger partial charge in [0.05, 0.1) is 6.10 Å². The van der Waals surface area contributed by atoms with E-state index in [2.05, 4.69) is 31.0 Å². The van der Waals surface area contributed by atoms with Gasteiger partial charge in [0.2, 0.25) is 0 Å². The van der Waals surface area contributed by atoms with Crippen LogP contribution in [0.2, 0.25) is 0 Å². The molecule has 0 aromatic heterocycles. The van der Waals surface area contributed by atoms with Gasteiger partial charge in [0.25, 0.3) is 0 Å². The highest BCUT2D eigenvalue weighted by atomic mass is 16.3. The summed E-state index contributed by atoms with van der Waals surface area (Å²) >= 11 is 0. The van der Waals surface area contributed by atoms with Crippen molar-refractivity contribution >= 4 is 0 Å². The molecule has 1 heterocycles. The molecule has 1 aliphatic heterocycles. The number of aliphatic hydroxyl groups is 1. The van der Waals surface area contributed by atoms with E-state index < -0.39 is 0 Å². The summed E-state index contributed by atoms with van der Waals surface area (Å²) in [6.45, 7) is 11.3. The van der Waals surface area contributed by atoms with E-state index in [1.165, 1.54) is 19.5 Å². The molecule has 2 aliphatic rings. The Morgan fingerprint density at radius 2 is 2.00 bits per heavy atom. The number of nitrogens with zero attached hydrogens (tertiary/aromatic N) is 1. The molecule has 1 saturated heterocycles. The van der Waals surface area contributed by atoms with Crippen molar-refractivity contribution in [2.75, 3.05) is 26.2 Å². The summed E-state index contributed by atoms with van der Waals surface area (Å²) in [6, 6.07) is 0.581.